The van der Waals surface area contributed by atoms with Gasteiger partial charge in [-0.25, -0.2) is 0 Å². The first-order valence-corrected chi connectivity index (χ1v) is 8.37. The molecule has 0 radical (unpaired) electrons. The van der Waals surface area contributed by atoms with Crippen LogP contribution < -0.4 is 10.0 Å². The van der Waals surface area contributed by atoms with Crippen LogP contribution in [0.3, 0.4) is 0 Å². The molecule has 7 heteroatoms. The van der Waals surface area contributed by atoms with E-state index in [9.17, 15) is 8.42 Å². The van der Waals surface area contributed by atoms with Gasteiger partial charge < -0.3 is 10.1 Å². The molecule has 19 heavy (non-hydrogen) atoms. The molecule has 1 fully saturated rings. The summed E-state index contributed by atoms with van der Waals surface area (Å²) in [6.07, 6.45) is 2.08. The van der Waals surface area contributed by atoms with Gasteiger partial charge in [-0.05, 0) is 45.7 Å². The highest BCUT2D eigenvalue weighted by Crippen LogP contribution is 2.17. The molecule has 1 saturated heterocycles. The molecule has 1 aliphatic rings. The monoisotopic (exact) mass is 293 g/mol. The molecule has 0 saturated carbocycles. The molecule has 6 nitrogen and oxygen atoms in total. The van der Waals surface area contributed by atoms with E-state index in [1.165, 1.54) is 0 Å². The van der Waals surface area contributed by atoms with E-state index in [2.05, 4.69) is 10.0 Å². The summed E-state index contributed by atoms with van der Waals surface area (Å²) in [5.74, 6) is 0.447. The third-order valence-electron chi connectivity index (χ3n) is 3.37. The zero-order valence-corrected chi connectivity index (χ0v) is 13.0. The third kappa shape index (κ3) is 5.74. The van der Waals surface area contributed by atoms with Crippen LogP contribution in [0.1, 0.15) is 26.7 Å². The van der Waals surface area contributed by atoms with Gasteiger partial charge in [-0.1, -0.05) is 0 Å². The molecular formula is C12H27N3O3S. The van der Waals surface area contributed by atoms with Gasteiger partial charge in [0, 0.05) is 26.2 Å². The average molecular weight is 293 g/mol. The summed E-state index contributed by atoms with van der Waals surface area (Å²) in [5, 5.41) is 3.30. The van der Waals surface area contributed by atoms with Gasteiger partial charge in [0.25, 0.3) is 10.2 Å². The zero-order valence-electron chi connectivity index (χ0n) is 12.2. The van der Waals surface area contributed by atoms with Crippen molar-refractivity contribution in [1.82, 2.24) is 14.3 Å². The van der Waals surface area contributed by atoms with Crippen molar-refractivity contribution in [2.45, 2.75) is 32.7 Å². The van der Waals surface area contributed by atoms with Gasteiger partial charge in [0.1, 0.15) is 0 Å². The van der Waals surface area contributed by atoms with Crippen molar-refractivity contribution in [3.63, 3.8) is 0 Å². The Hall–Kier alpha value is -0.210. The number of ether oxygens (including phenoxy) is 1. The Kier molecular flexibility index (Phi) is 7.23. The highest BCUT2D eigenvalue weighted by atomic mass is 32.2. The fraction of sp³-hybridized carbons (Fsp3) is 1.00. The maximum Gasteiger partial charge on any atom is 0.279 e. The van der Waals surface area contributed by atoms with Crippen LogP contribution in [0, 0.1) is 5.92 Å². The molecular weight excluding hydrogens is 266 g/mol. The molecule has 114 valence electrons. The summed E-state index contributed by atoms with van der Waals surface area (Å²) in [6, 6.07) is -0.0325. The highest BCUT2D eigenvalue weighted by molar-refractivity contribution is 7.87. The number of piperidine rings is 1. The predicted octanol–water partition coefficient (Wildman–Crippen LogP) is 0.177. The lowest BCUT2D eigenvalue weighted by atomic mass is 9.98. The average Bonchev–Trinajstić information content (AvgIpc) is 2.37. The maximum absolute atomic E-state index is 12.3. The molecule has 0 amide bonds. The van der Waals surface area contributed by atoms with E-state index < -0.39 is 10.2 Å². The highest BCUT2D eigenvalue weighted by Gasteiger charge is 2.27. The summed E-state index contributed by atoms with van der Waals surface area (Å²) in [4.78, 5) is 0. The second kappa shape index (κ2) is 8.16. The Labute approximate surface area is 117 Å². The van der Waals surface area contributed by atoms with Crippen molar-refractivity contribution >= 4 is 10.2 Å². The van der Waals surface area contributed by atoms with Gasteiger partial charge in [0.15, 0.2) is 0 Å². The Morgan fingerprint density at radius 3 is 2.53 bits per heavy atom. The van der Waals surface area contributed by atoms with E-state index in [4.69, 9.17) is 4.74 Å². The first-order valence-electron chi connectivity index (χ1n) is 6.93. The van der Waals surface area contributed by atoms with Crippen molar-refractivity contribution in [1.29, 1.82) is 0 Å². The summed E-state index contributed by atoms with van der Waals surface area (Å²) in [7, 11) is -1.85. The molecule has 0 aromatic rings. The van der Waals surface area contributed by atoms with Crippen molar-refractivity contribution in [3.05, 3.63) is 0 Å². The molecule has 0 spiro atoms. The van der Waals surface area contributed by atoms with E-state index in [1.54, 1.807) is 11.4 Å². The van der Waals surface area contributed by atoms with E-state index in [0.29, 0.717) is 25.6 Å². The minimum absolute atomic E-state index is 0.0325. The smallest absolute Gasteiger partial charge is 0.279 e. The second-order valence-corrected chi connectivity index (χ2v) is 6.96. The topological polar surface area (TPSA) is 70.7 Å². The molecule has 0 bridgehead atoms. The Morgan fingerprint density at radius 2 is 2.00 bits per heavy atom. The maximum atomic E-state index is 12.3. The van der Waals surface area contributed by atoms with Crippen LogP contribution in [-0.2, 0) is 14.9 Å². The normalized spacial score (nSPS) is 18.4. The van der Waals surface area contributed by atoms with Gasteiger partial charge in [-0.15, -0.1) is 0 Å². The summed E-state index contributed by atoms with van der Waals surface area (Å²) >= 11 is 0. The third-order valence-corrected chi connectivity index (χ3v) is 5.13. The van der Waals surface area contributed by atoms with Crippen molar-refractivity contribution in [2.75, 3.05) is 39.9 Å². The van der Waals surface area contributed by atoms with Crippen molar-refractivity contribution in [2.24, 2.45) is 5.92 Å². The Balaban J connectivity index is 2.59. The van der Waals surface area contributed by atoms with E-state index in [1.807, 2.05) is 13.8 Å². The van der Waals surface area contributed by atoms with Crippen LogP contribution in [0.25, 0.3) is 0 Å². The Morgan fingerprint density at radius 1 is 1.37 bits per heavy atom. The number of nitrogens with one attached hydrogen (secondary N) is 2. The second-order valence-electron chi connectivity index (χ2n) is 5.25. The Bertz CT molecular complexity index is 340. The number of hydrogen-bond donors (Lipinski definition) is 2. The lowest BCUT2D eigenvalue weighted by Gasteiger charge is -2.31. The van der Waals surface area contributed by atoms with Gasteiger partial charge in [0.2, 0.25) is 0 Å². The number of rotatable bonds is 8. The van der Waals surface area contributed by atoms with Crippen LogP contribution in [-0.4, -0.2) is 58.7 Å². The van der Waals surface area contributed by atoms with E-state index in [-0.39, 0.29) is 6.04 Å². The van der Waals surface area contributed by atoms with Crippen LogP contribution in [0.4, 0.5) is 0 Å². The van der Waals surface area contributed by atoms with Gasteiger partial charge in [-0.2, -0.15) is 17.4 Å². The fourth-order valence-electron chi connectivity index (χ4n) is 2.26. The lowest BCUT2D eigenvalue weighted by Crippen LogP contribution is -2.48. The van der Waals surface area contributed by atoms with Crippen molar-refractivity contribution < 1.29 is 13.2 Å². The summed E-state index contributed by atoms with van der Waals surface area (Å²) in [5.41, 5.74) is 0. The number of methoxy groups -OCH3 is 1. The lowest BCUT2D eigenvalue weighted by molar-refractivity contribution is 0.202. The SMILES string of the molecule is COCCNS(=O)(=O)N(CC1CCNCC1)C(C)C. The minimum Gasteiger partial charge on any atom is -0.383 e. The van der Waals surface area contributed by atoms with Gasteiger partial charge in [0.05, 0.1) is 6.61 Å². The first-order chi connectivity index (χ1) is 8.97. The molecule has 1 heterocycles. The minimum atomic E-state index is -3.41. The molecule has 1 rings (SSSR count). The van der Waals surface area contributed by atoms with Crippen molar-refractivity contribution in [3.8, 4) is 0 Å². The largest absolute Gasteiger partial charge is 0.383 e. The number of nitrogens with zero attached hydrogens (tertiary/aromatic N) is 1. The quantitative estimate of drug-likeness (QED) is 0.626. The molecule has 0 aliphatic carbocycles. The summed E-state index contributed by atoms with van der Waals surface area (Å²) < 4.78 is 33.6. The molecule has 0 aromatic heterocycles. The first kappa shape index (κ1) is 16.8. The molecule has 0 unspecified atom stereocenters. The van der Waals surface area contributed by atoms with E-state index >= 15 is 0 Å². The molecule has 0 atom stereocenters. The molecule has 1 aliphatic heterocycles. The van der Waals surface area contributed by atoms with Crippen LogP contribution in [0.2, 0.25) is 0 Å². The zero-order chi connectivity index (χ0) is 14.3. The predicted molar refractivity (Wildman–Crippen MR) is 76.2 cm³/mol. The fourth-order valence-corrected chi connectivity index (χ4v) is 3.73. The number of hydrogen-bond acceptors (Lipinski definition) is 4. The van der Waals surface area contributed by atoms with Crippen LogP contribution in [0.15, 0.2) is 0 Å². The van der Waals surface area contributed by atoms with Gasteiger partial charge >= 0.3 is 0 Å². The van der Waals surface area contributed by atoms with Gasteiger partial charge in [-0.3, -0.25) is 0 Å². The molecule has 0 aromatic carbocycles. The summed E-state index contributed by atoms with van der Waals surface area (Å²) in [6.45, 7) is 7.09. The van der Waals surface area contributed by atoms with Crippen LogP contribution >= 0.6 is 0 Å². The van der Waals surface area contributed by atoms with Crippen LogP contribution in [0.5, 0.6) is 0 Å². The molecule has 2 N–H and O–H groups in total. The standard InChI is InChI=1S/C12H27N3O3S/c1-11(2)15(10-12-4-6-13-7-5-12)19(16,17)14-8-9-18-3/h11-14H,4-10H2,1-3H3. The van der Waals surface area contributed by atoms with E-state index in [0.717, 1.165) is 25.9 Å².